The van der Waals surface area contributed by atoms with Crippen molar-refractivity contribution in [1.29, 1.82) is 0 Å². The van der Waals surface area contributed by atoms with Crippen molar-refractivity contribution >= 4 is 29.2 Å². The van der Waals surface area contributed by atoms with Crippen LogP contribution in [0.25, 0.3) is 17.0 Å². The average Bonchev–Trinajstić information content (AvgIpc) is 2.99. The highest BCUT2D eigenvalue weighted by Gasteiger charge is 2.06. The zero-order chi connectivity index (χ0) is 18.4. The molecular formula is C22H22N2O2. The number of carbonyl (C=O) groups excluding carboxylic acids is 1. The number of aromatic amines is 1. The molecule has 0 atom stereocenters. The number of nitrogens with one attached hydrogen (secondary N) is 1. The standard InChI is InChI=1S/C22H22N2O2/c1-16-19(20-5-3-4-6-21(20)24-16)13-14-23-15-18-9-7-17(8-10-18)11-12-22(25)26-2/h3-12,15,24H,13-14H2,1-2H3/b12-11+,23-15?. The maximum atomic E-state index is 11.1. The Hall–Kier alpha value is -3.14. The number of aliphatic imine (C=N–C) groups is 1. The minimum absolute atomic E-state index is 0.358. The minimum Gasteiger partial charge on any atom is -0.466 e. The molecular weight excluding hydrogens is 324 g/mol. The number of aryl methyl sites for hydroxylation is 1. The number of hydrogen-bond donors (Lipinski definition) is 1. The summed E-state index contributed by atoms with van der Waals surface area (Å²) in [4.78, 5) is 19.1. The number of nitrogens with zero attached hydrogens (tertiary/aromatic N) is 1. The highest BCUT2D eigenvalue weighted by atomic mass is 16.5. The van der Waals surface area contributed by atoms with E-state index in [1.807, 2.05) is 36.5 Å². The normalized spacial score (nSPS) is 11.6. The Morgan fingerprint density at radius 3 is 2.62 bits per heavy atom. The van der Waals surface area contributed by atoms with Crippen LogP contribution in [0.2, 0.25) is 0 Å². The van der Waals surface area contributed by atoms with E-state index in [4.69, 9.17) is 0 Å². The molecule has 2 aromatic carbocycles. The number of fused-ring (bicyclic) bond motifs is 1. The third-order valence-electron chi connectivity index (χ3n) is 4.31. The van der Waals surface area contributed by atoms with Gasteiger partial charge in [-0.2, -0.15) is 0 Å². The van der Waals surface area contributed by atoms with Gasteiger partial charge in [-0.1, -0.05) is 42.5 Å². The highest BCUT2D eigenvalue weighted by Crippen LogP contribution is 2.22. The van der Waals surface area contributed by atoms with Crippen molar-refractivity contribution in [2.45, 2.75) is 13.3 Å². The van der Waals surface area contributed by atoms with E-state index < -0.39 is 0 Å². The molecule has 0 amide bonds. The number of carbonyl (C=O) groups is 1. The summed E-state index contributed by atoms with van der Waals surface area (Å²) in [5, 5.41) is 1.28. The Balaban J connectivity index is 1.59. The summed E-state index contributed by atoms with van der Waals surface area (Å²) in [5.74, 6) is -0.358. The largest absolute Gasteiger partial charge is 0.466 e. The zero-order valence-electron chi connectivity index (χ0n) is 15.0. The fourth-order valence-corrected chi connectivity index (χ4v) is 2.93. The van der Waals surface area contributed by atoms with Crippen molar-refractivity contribution in [3.63, 3.8) is 0 Å². The van der Waals surface area contributed by atoms with E-state index in [9.17, 15) is 4.79 Å². The van der Waals surface area contributed by atoms with Crippen LogP contribution < -0.4 is 0 Å². The number of esters is 1. The molecule has 4 heteroatoms. The summed E-state index contributed by atoms with van der Waals surface area (Å²) in [6, 6.07) is 16.2. The van der Waals surface area contributed by atoms with Gasteiger partial charge in [-0.25, -0.2) is 4.79 Å². The first-order chi connectivity index (χ1) is 12.7. The second kappa shape index (κ2) is 8.30. The van der Waals surface area contributed by atoms with Crippen LogP contribution in [0.1, 0.15) is 22.4 Å². The Morgan fingerprint density at radius 1 is 1.12 bits per heavy atom. The van der Waals surface area contributed by atoms with E-state index in [1.165, 1.54) is 35.3 Å². The third-order valence-corrected chi connectivity index (χ3v) is 4.31. The van der Waals surface area contributed by atoms with Crippen molar-refractivity contribution in [3.05, 3.63) is 77.0 Å². The predicted molar refractivity (Wildman–Crippen MR) is 107 cm³/mol. The summed E-state index contributed by atoms with van der Waals surface area (Å²) in [5.41, 5.74) is 5.71. The smallest absolute Gasteiger partial charge is 0.330 e. The number of H-pyrrole nitrogens is 1. The number of benzene rings is 2. The molecule has 0 spiro atoms. The summed E-state index contributed by atoms with van der Waals surface area (Å²) in [6.07, 6.45) is 5.93. The van der Waals surface area contributed by atoms with Crippen LogP contribution in [0.15, 0.2) is 59.6 Å². The zero-order valence-corrected chi connectivity index (χ0v) is 15.0. The van der Waals surface area contributed by atoms with E-state index >= 15 is 0 Å². The van der Waals surface area contributed by atoms with Crippen LogP contribution in [-0.4, -0.2) is 30.8 Å². The molecule has 4 nitrogen and oxygen atoms in total. The molecule has 0 radical (unpaired) electrons. The van der Waals surface area contributed by atoms with Gasteiger partial charge in [0, 0.05) is 35.4 Å². The fraction of sp³-hybridized carbons (Fsp3) is 0.182. The monoisotopic (exact) mass is 346 g/mol. The van der Waals surface area contributed by atoms with Gasteiger partial charge in [0.15, 0.2) is 0 Å². The molecule has 0 fully saturated rings. The number of hydrogen-bond acceptors (Lipinski definition) is 3. The average molecular weight is 346 g/mol. The molecule has 0 unspecified atom stereocenters. The number of methoxy groups -OCH3 is 1. The second-order valence-corrected chi connectivity index (χ2v) is 6.08. The van der Waals surface area contributed by atoms with Crippen LogP contribution in [0.3, 0.4) is 0 Å². The van der Waals surface area contributed by atoms with Gasteiger partial charge in [-0.3, -0.25) is 4.99 Å². The molecule has 26 heavy (non-hydrogen) atoms. The lowest BCUT2D eigenvalue weighted by Crippen LogP contribution is -1.93. The molecule has 0 aliphatic carbocycles. The first kappa shape index (κ1) is 17.7. The van der Waals surface area contributed by atoms with Gasteiger partial charge in [-0.05, 0) is 42.2 Å². The Labute approximate surface area is 153 Å². The van der Waals surface area contributed by atoms with Crippen LogP contribution in [-0.2, 0) is 16.0 Å². The predicted octanol–water partition coefficient (Wildman–Crippen LogP) is 4.32. The van der Waals surface area contributed by atoms with Crippen LogP contribution in [0, 0.1) is 6.92 Å². The van der Waals surface area contributed by atoms with E-state index in [-0.39, 0.29) is 5.97 Å². The molecule has 0 bridgehead atoms. The Kier molecular flexibility index (Phi) is 5.64. The molecule has 0 saturated heterocycles. The molecule has 3 rings (SSSR count). The van der Waals surface area contributed by atoms with Crippen molar-refractivity contribution in [1.82, 2.24) is 4.98 Å². The quantitative estimate of drug-likeness (QED) is 0.410. The molecule has 132 valence electrons. The van der Waals surface area contributed by atoms with E-state index in [2.05, 4.69) is 39.8 Å². The van der Waals surface area contributed by atoms with Gasteiger partial charge >= 0.3 is 5.97 Å². The van der Waals surface area contributed by atoms with Crippen molar-refractivity contribution in [3.8, 4) is 0 Å². The van der Waals surface area contributed by atoms with Gasteiger partial charge in [0.1, 0.15) is 0 Å². The third kappa shape index (κ3) is 4.28. The summed E-state index contributed by atoms with van der Waals surface area (Å²) >= 11 is 0. The van der Waals surface area contributed by atoms with E-state index in [0.29, 0.717) is 0 Å². The minimum atomic E-state index is -0.358. The van der Waals surface area contributed by atoms with Gasteiger partial charge in [0.2, 0.25) is 0 Å². The van der Waals surface area contributed by atoms with Crippen molar-refractivity contribution in [2.75, 3.05) is 13.7 Å². The van der Waals surface area contributed by atoms with E-state index in [0.717, 1.165) is 24.1 Å². The number of aromatic nitrogens is 1. The number of para-hydroxylation sites is 1. The first-order valence-corrected chi connectivity index (χ1v) is 8.59. The van der Waals surface area contributed by atoms with Gasteiger partial charge < -0.3 is 9.72 Å². The Bertz CT molecular complexity index is 950. The van der Waals surface area contributed by atoms with Gasteiger partial charge in [0.05, 0.1) is 7.11 Å². The molecule has 3 aromatic rings. The van der Waals surface area contributed by atoms with Gasteiger partial charge in [0.25, 0.3) is 0 Å². The fourth-order valence-electron chi connectivity index (χ4n) is 2.93. The second-order valence-electron chi connectivity index (χ2n) is 6.08. The number of ether oxygens (including phenoxy) is 1. The summed E-state index contributed by atoms with van der Waals surface area (Å²) in [7, 11) is 1.37. The molecule has 1 heterocycles. The van der Waals surface area contributed by atoms with E-state index in [1.54, 1.807) is 6.08 Å². The topological polar surface area (TPSA) is 54.4 Å². The lowest BCUT2D eigenvalue weighted by molar-refractivity contribution is -0.134. The molecule has 0 saturated carbocycles. The Morgan fingerprint density at radius 2 is 1.85 bits per heavy atom. The first-order valence-electron chi connectivity index (χ1n) is 8.59. The molecule has 1 aromatic heterocycles. The lowest BCUT2D eigenvalue weighted by Gasteiger charge is -1.99. The van der Waals surface area contributed by atoms with Gasteiger partial charge in [-0.15, -0.1) is 0 Å². The lowest BCUT2D eigenvalue weighted by atomic mass is 10.1. The van der Waals surface area contributed by atoms with Crippen molar-refractivity contribution in [2.24, 2.45) is 4.99 Å². The van der Waals surface area contributed by atoms with Crippen LogP contribution in [0.4, 0.5) is 0 Å². The maximum Gasteiger partial charge on any atom is 0.330 e. The molecule has 0 aliphatic heterocycles. The highest BCUT2D eigenvalue weighted by molar-refractivity contribution is 5.87. The summed E-state index contributed by atoms with van der Waals surface area (Å²) in [6.45, 7) is 2.85. The number of rotatable bonds is 6. The van der Waals surface area contributed by atoms with Crippen LogP contribution >= 0.6 is 0 Å². The molecule has 1 N–H and O–H groups in total. The maximum absolute atomic E-state index is 11.1. The van der Waals surface area contributed by atoms with Crippen molar-refractivity contribution < 1.29 is 9.53 Å². The molecule has 0 aliphatic rings. The van der Waals surface area contributed by atoms with Crippen LogP contribution in [0.5, 0.6) is 0 Å². The summed E-state index contributed by atoms with van der Waals surface area (Å²) < 4.78 is 4.58. The SMILES string of the molecule is COC(=O)/C=C/c1ccc(C=NCCc2c(C)[nH]c3ccccc23)cc1.